The zero-order chi connectivity index (χ0) is 12.4. The molecule has 0 bridgehead atoms. The molecular weight excluding hydrogens is 226 g/mol. The van der Waals surface area contributed by atoms with E-state index in [4.69, 9.17) is 0 Å². The van der Waals surface area contributed by atoms with Crippen molar-refractivity contribution >= 4 is 16.6 Å². The van der Waals surface area contributed by atoms with Crippen molar-refractivity contribution < 1.29 is 4.79 Å². The number of ketones is 1. The Balaban J connectivity index is 2.18. The van der Waals surface area contributed by atoms with E-state index in [1.807, 2.05) is 30.3 Å². The van der Waals surface area contributed by atoms with E-state index < -0.39 is 0 Å². The minimum atomic E-state index is -0.208. The predicted octanol–water partition coefficient (Wildman–Crippen LogP) is 2.26. The zero-order valence-electron chi connectivity index (χ0n) is 9.45. The van der Waals surface area contributed by atoms with Crippen LogP contribution in [0.5, 0.6) is 0 Å². The van der Waals surface area contributed by atoms with Crippen molar-refractivity contribution in [2.24, 2.45) is 0 Å². The van der Waals surface area contributed by atoms with Crippen molar-refractivity contribution in [2.75, 3.05) is 0 Å². The largest absolute Gasteiger partial charge is 0.285 e. The van der Waals surface area contributed by atoms with Crippen LogP contribution in [0.4, 0.5) is 0 Å². The van der Waals surface area contributed by atoms with Crippen LogP contribution in [0.25, 0.3) is 10.8 Å². The monoisotopic (exact) mass is 235 g/mol. The second-order valence-electron chi connectivity index (χ2n) is 3.80. The van der Waals surface area contributed by atoms with Crippen LogP contribution in [-0.2, 0) is 0 Å². The van der Waals surface area contributed by atoms with E-state index in [0.29, 0.717) is 11.4 Å². The number of nitrogens with zero attached hydrogens (tertiary/aromatic N) is 3. The lowest BCUT2D eigenvalue weighted by Crippen LogP contribution is -2.07. The Bertz CT molecular complexity index is 705. The van der Waals surface area contributed by atoms with Crippen LogP contribution in [-0.4, -0.2) is 20.7 Å². The molecule has 0 fully saturated rings. The Morgan fingerprint density at radius 2 is 1.83 bits per heavy atom. The summed E-state index contributed by atoms with van der Waals surface area (Å²) in [6, 6.07) is 9.52. The van der Waals surface area contributed by atoms with Crippen LogP contribution in [0.2, 0.25) is 0 Å². The Hall–Kier alpha value is -2.62. The number of pyridine rings is 1. The summed E-state index contributed by atoms with van der Waals surface area (Å²) >= 11 is 0. The maximum atomic E-state index is 12.3. The minimum Gasteiger partial charge on any atom is -0.285 e. The standard InChI is InChI=1S/C14H9N3O/c18-14(12-9-15-7-8-16-12)13-11-4-2-1-3-10(11)5-6-17-13/h1-9H. The third-order valence-electron chi connectivity index (χ3n) is 2.68. The first kappa shape index (κ1) is 10.5. The number of carbonyl (C=O) groups excluding carboxylic acids is 1. The molecule has 2 heterocycles. The number of fused-ring (bicyclic) bond motifs is 1. The van der Waals surface area contributed by atoms with Crippen molar-refractivity contribution in [3.8, 4) is 0 Å². The maximum absolute atomic E-state index is 12.3. The first-order valence-corrected chi connectivity index (χ1v) is 5.51. The van der Waals surface area contributed by atoms with Crippen molar-refractivity contribution in [3.05, 3.63) is 66.5 Å². The van der Waals surface area contributed by atoms with Crippen molar-refractivity contribution in [2.45, 2.75) is 0 Å². The molecule has 3 rings (SSSR count). The van der Waals surface area contributed by atoms with Gasteiger partial charge in [-0.1, -0.05) is 24.3 Å². The van der Waals surface area contributed by atoms with Crippen LogP contribution in [0, 0.1) is 0 Å². The number of benzene rings is 1. The Kier molecular flexibility index (Phi) is 2.53. The average molecular weight is 235 g/mol. The lowest BCUT2D eigenvalue weighted by molar-refractivity contribution is 0.103. The third-order valence-corrected chi connectivity index (χ3v) is 2.68. The molecule has 2 aromatic heterocycles. The highest BCUT2D eigenvalue weighted by Crippen LogP contribution is 2.18. The summed E-state index contributed by atoms with van der Waals surface area (Å²) in [6.45, 7) is 0. The second-order valence-corrected chi connectivity index (χ2v) is 3.80. The molecule has 0 unspecified atom stereocenters. The van der Waals surface area contributed by atoms with Gasteiger partial charge in [-0.05, 0) is 11.5 Å². The van der Waals surface area contributed by atoms with Crippen LogP contribution < -0.4 is 0 Å². The first-order chi connectivity index (χ1) is 8.86. The van der Waals surface area contributed by atoms with Gasteiger partial charge in [0.1, 0.15) is 11.4 Å². The summed E-state index contributed by atoms with van der Waals surface area (Å²) in [5.41, 5.74) is 0.718. The van der Waals surface area contributed by atoms with Gasteiger partial charge in [0, 0.05) is 24.0 Å². The first-order valence-electron chi connectivity index (χ1n) is 5.51. The van der Waals surface area contributed by atoms with Crippen LogP contribution >= 0.6 is 0 Å². The lowest BCUT2D eigenvalue weighted by atomic mass is 10.1. The number of rotatable bonds is 2. The van der Waals surface area contributed by atoms with Gasteiger partial charge in [-0.3, -0.25) is 14.8 Å². The molecule has 18 heavy (non-hydrogen) atoms. The molecule has 0 radical (unpaired) electrons. The van der Waals surface area contributed by atoms with E-state index in [1.165, 1.54) is 18.6 Å². The SMILES string of the molecule is O=C(c1cnccn1)c1nccc2ccccc12. The predicted molar refractivity (Wildman–Crippen MR) is 67.2 cm³/mol. The van der Waals surface area contributed by atoms with E-state index in [0.717, 1.165) is 10.8 Å². The van der Waals surface area contributed by atoms with E-state index in [-0.39, 0.29) is 5.78 Å². The zero-order valence-corrected chi connectivity index (χ0v) is 9.45. The average Bonchev–Trinajstić information content (AvgIpc) is 2.47. The highest BCUT2D eigenvalue weighted by molar-refractivity contribution is 6.13. The van der Waals surface area contributed by atoms with Gasteiger partial charge >= 0.3 is 0 Å². The van der Waals surface area contributed by atoms with Gasteiger partial charge in [0.2, 0.25) is 5.78 Å². The van der Waals surface area contributed by atoms with Gasteiger partial charge < -0.3 is 0 Å². The fourth-order valence-corrected chi connectivity index (χ4v) is 1.84. The van der Waals surface area contributed by atoms with E-state index in [9.17, 15) is 4.79 Å². The highest BCUT2D eigenvalue weighted by Gasteiger charge is 2.14. The van der Waals surface area contributed by atoms with Crippen LogP contribution in [0.15, 0.2) is 55.1 Å². The topological polar surface area (TPSA) is 55.7 Å². The molecule has 0 aliphatic rings. The second kappa shape index (κ2) is 4.33. The molecule has 0 amide bonds. The summed E-state index contributed by atoms with van der Waals surface area (Å²) in [7, 11) is 0. The quantitative estimate of drug-likeness (QED) is 0.639. The fraction of sp³-hybridized carbons (Fsp3) is 0. The summed E-state index contributed by atoms with van der Waals surface area (Å²) < 4.78 is 0. The number of hydrogen-bond acceptors (Lipinski definition) is 4. The van der Waals surface area contributed by atoms with Crippen molar-refractivity contribution in [1.29, 1.82) is 0 Å². The molecule has 0 aliphatic carbocycles. The molecule has 0 N–H and O–H groups in total. The number of aromatic nitrogens is 3. The molecule has 0 saturated heterocycles. The Morgan fingerprint density at radius 1 is 0.944 bits per heavy atom. The maximum Gasteiger partial charge on any atom is 0.231 e. The fourth-order valence-electron chi connectivity index (χ4n) is 1.84. The summed E-state index contributed by atoms with van der Waals surface area (Å²) in [5, 5.41) is 1.82. The van der Waals surface area contributed by atoms with Crippen LogP contribution in [0.3, 0.4) is 0 Å². The molecule has 3 aromatic rings. The van der Waals surface area contributed by atoms with Gasteiger partial charge in [0.15, 0.2) is 0 Å². The van der Waals surface area contributed by atoms with Gasteiger partial charge in [-0.25, -0.2) is 4.98 Å². The van der Waals surface area contributed by atoms with Crippen molar-refractivity contribution in [3.63, 3.8) is 0 Å². The van der Waals surface area contributed by atoms with Gasteiger partial charge in [-0.15, -0.1) is 0 Å². The normalized spacial score (nSPS) is 10.4. The molecule has 1 aromatic carbocycles. The molecule has 86 valence electrons. The third kappa shape index (κ3) is 1.73. The Morgan fingerprint density at radius 3 is 2.67 bits per heavy atom. The minimum absolute atomic E-state index is 0.208. The molecular formula is C14H9N3O. The summed E-state index contributed by atoms with van der Waals surface area (Å²) in [4.78, 5) is 24.4. The molecule has 0 aliphatic heterocycles. The molecule has 0 saturated carbocycles. The molecule has 4 nitrogen and oxygen atoms in total. The Labute approximate surface area is 103 Å². The van der Waals surface area contributed by atoms with Gasteiger partial charge in [-0.2, -0.15) is 0 Å². The van der Waals surface area contributed by atoms with Crippen LogP contribution in [0.1, 0.15) is 16.2 Å². The van der Waals surface area contributed by atoms with Gasteiger partial charge in [0.25, 0.3) is 0 Å². The molecule has 4 heteroatoms. The highest BCUT2D eigenvalue weighted by atomic mass is 16.1. The number of hydrogen-bond donors (Lipinski definition) is 0. The van der Waals surface area contributed by atoms with E-state index in [1.54, 1.807) is 6.20 Å². The lowest BCUT2D eigenvalue weighted by Gasteiger charge is -2.03. The van der Waals surface area contributed by atoms with E-state index >= 15 is 0 Å². The van der Waals surface area contributed by atoms with Crippen molar-refractivity contribution in [1.82, 2.24) is 15.0 Å². The summed E-state index contributed by atoms with van der Waals surface area (Å²) in [5.74, 6) is -0.208. The molecule has 0 spiro atoms. The molecule has 0 atom stereocenters. The van der Waals surface area contributed by atoms with E-state index in [2.05, 4.69) is 15.0 Å². The smallest absolute Gasteiger partial charge is 0.231 e. The summed E-state index contributed by atoms with van der Waals surface area (Å²) in [6.07, 6.45) is 6.11. The van der Waals surface area contributed by atoms with Gasteiger partial charge in [0.05, 0.1) is 6.20 Å². The number of carbonyl (C=O) groups is 1.